The molecule has 0 fully saturated rings. The first-order valence-electron chi connectivity index (χ1n) is 8.37. The van der Waals surface area contributed by atoms with E-state index in [4.69, 9.17) is 0 Å². The minimum Gasteiger partial charge on any atom is -0.462 e. The number of hydrogen-bond acceptors (Lipinski definition) is 2. The van der Waals surface area contributed by atoms with Crippen LogP contribution < -0.4 is 0 Å². The van der Waals surface area contributed by atoms with Crippen LogP contribution in [0.2, 0.25) is 0 Å². The van der Waals surface area contributed by atoms with Crippen LogP contribution in [0.3, 0.4) is 0 Å². The van der Waals surface area contributed by atoms with Crippen LogP contribution in [-0.4, -0.2) is 72.3 Å². The molecular weight excluding hydrogens is 592 g/mol. The fraction of sp³-hybridized carbons (Fsp3) is 0.800. The summed E-state index contributed by atoms with van der Waals surface area (Å²) in [5, 5.41) is 0. The molecule has 0 aromatic heterocycles. The molecule has 0 unspecified atom stereocenters. The molecule has 0 aliphatic carbocycles. The SMILES string of the molecule is C=CC(=O)OCCC(F)(F)C(F)(F)C(F)(F)C(F)(F)C(F)(F)C(F)(F)C(F)(F)C(F)(F)C(F)(F)C(F)F. The normalized spacial score (nSPS) is 15.7. The van der Waals surface area contributed by atoms with Crippen molar-refractivity contribution in [3.05, 3.63) is 12.7 Å². The average Bonchev–Trinajstić information content (AvgIpc) is 2.71. The zero-order valence-electron chi connectivity index (χ0n) is 16.7. The summed E-state index contributed by atoms with van der Waals surface area (Å²) in [6.45, 7) is 0.518. The second-order valence-corrected chi connectivity index (χ2v) is 6.77. The summed E-state index contributed by atoms with van der Waals surface area (Å²) in [4.78, 5) is 10.6. The van der Waals surface area contributed by atoms with Crippen molar-refractivity contribution in [1.29, 1.82) is 0 Å². The lowest BCUT2D eigenvalue weighted by Gasteiger charge is -2.44. The monoisotopic (exact) mass is 600 g/mol. The van der Waals surface area contributed by atoms with Crippen molar-refractivity contribution in [3.63, 3.8) is 0 Å². The van der Waals surface area contributed by atoms with Gasteiger partial charge in [-0.05, 0) is 0 Å². The first kappa shape index (κ1) is 34.8. The molecule has 0 N–H and O–H groups in total. The second kappa shape index (κ2) is 9.53. The van der Waals surface area contributed by atoms with Crippen molar-refractivity contribution in [1.82, 2.24) is 0 Å². The summed E-state index contributed by atoms with van der Waals surface area (Å²) in [7, 11) is 0. The zero-order chi connectivity index (χ0) is 30.5. The molecule has 0 rings (SSSR count). The van der Waals surface area contributed by atoms with Crippen LogP contribution in [0.5, 0.6) is 0 Å². The number of carbonyl (C=O) groups is 1. The summed E-state index contributed by atoms with van der Waals surface area (Å²) in [6, 6.07) is 0. The third-order valence-corrected chi connectivity index (χ3v) is 4.35. The number of halogens is 20. The predicted octanol–water partition coefficient (Wildman–Crippen LogP) is 7.09. The lowest BCUT2D eigenvalue weighted by molar-refractivity contribution is -0.465. The Morgan fingerprint density at radius 3 is 1.19 bits per heavy atom. The third kappa shape index (κ3) is 4.76. The Labute approximate surface area is 190 Å². The van der Waals surface area contributed by atoms with Crippen molar-refractivity contribution in [2.75, 3.05) is 6.61 Å². The molecule has 220 valence electrons. The summed E-state index contributed by atoms with van der Waals surface area (Å²) in [5.41, 5.74) is 0. The Morgan fingerprint density at radius 1 is 0.595 bits per heavy atom. The van der Waals surface area contributed by atoms with Gasteiger partial charge >= 0.3 is 65.7 Å². The van der Waals surface area contributed by atoms with E-state index in [2.05, 4.69) is 11.3 Å². The Morgan fingerprint density at radius 2 is 0.892 bits per heavy atom. The largest absolute Gasteiger partial charge is 0.462 e. The van der Waals surface area contributed by atoms with Gasteiger partial charge in [0, 0.05) is 6.08 Å². The third-order valence-electron chi connectivity index (χ3n) is 4.35. The van der Waals surface area contributed by atoms with Gasteiger partial charge in [0.1, 0.15) is 0 Å². The van der Waals surface area contributed by atoms with Gasteiger partial charge in [0.15, 0.2) is 0 Å². The predicted molar refractivity (Wildman–Crippen MR) is 76.3 cm³/mol. The first-order valence-corrected chi connectivity index (χ1v) is 8.37. The molecule has 0 spiro atoms. The van der Waals surface area contributed by atoms with Crippen molar-refractivity contribution in [3.8, 4) is 0 Å². The van der Waals surface area contributed by atoms with Gasteiger partial charge in [0.2, 0.25) is 0 Å². The van der Waals surface area contributed by atoms with E-state index in [0.29, 0.717) is 0 Å². The maximum Gasteiger partial charge on any atom is 0.385 e. The van der Waals surface area contributed by atoms with Crippen LogP contribution in [0.15, 0.2) is 12.7 Å². The van der Waals surface area contributed by atoms with E-state index in [1.165, 1.54) is 0 Å². The molecule has 0 aromatic carbocycles. The highest BCUT2D eigenvalue weighted by atomic mass is 19.4. The standard InChI is InChI=1S/C15H8F20O2/c1-2-5(36)37-4-3-7(18,19)9(22,23)11(26,27)13(30,31)15(34,35)14(32,33)12(28,29)10(24,25)8(20,21)6(16)17/h2,6H,1,3-4H2. The van der Waals surface area contributed by atoms with Crippen LogP contribution in [0.25, 0.3) is 0 Å². The summed E-state index contributed by atoms with van der Waals surface area (Å²) in [5.74, 6) is -77.1. The molecule has 0 bridgehead atoms. The molecule has 0 aliphatic rings. The topological polar surface area (TPSA) is 26.3 Å². The minimum atomic E-state index is -9.05. The Kier molecular flexibility index (Phi) is 8.96. The number of rotatable bonds is 13. The fourth-order valence-corrected chi connectivity index (χ4v) is 2.06. The quantitative estimate of drug-likeness (QED) is 0.128. The number of ether oxygens (including phenoxy) is 1. The molecule has 0 saturated heterocycles. The number of alkyl halides is 20. The number of hydrogen-bond donors (Lipinski definition) is 0. The molecule has 37 heavy (non-hydrogen) atoms. The molecule has 22 heteroatoms. The van der Waals surface area contributed by atoms with Crippen molar-refractivity contribution < 1.29 is 97.3 Å². The molecule has 2 nitrogen and oxygen atoms in total. The Bertz CT molecular complexity index is 845. The van der Waals surface area contributed by atoms with Crippen LogP contribution in [0.1, 0.15) is 6.42 Å². The van der Waals surface area contributed by atoms with Gasteiger partial charge in [-0.25, -0.2) is 13.6 Å². The number of esters is 1. The lowest BCUT2D eigenvalue weighted by atomic mass is 9.86. The van der Waals surface area contributed by atoms with E-state index < -0.39 is 78.7 Å². The maximum absolute atomic E-state index is 13.6. The maximum atomic E-state index is 13.6. The van der Waals surface area contributed by atoms with Crippen molar-refractivity contribution in [2.24, 2.45) is 0 Å². The van der Waals surface area contributed by atoms with Gasteiger partial charge < -0.3 is 4.74 Å². The van der Waals surface area contributed by atoms with Gasteiger partial charge in [-0.2, -0.15) is 79.0 Å². The molecule has 0 aliphatic heterocycles. The van der Waals surface area contributed by atoms with Gasteiger partial charge in [0.25, 0.3) is 0 Å². The highest BCUT2D eigenvalue weighted by Crippen LogP contribution is 2.65. The van der Waals surface area contributed by atoms with Crippen molar-refractivity contribution >= 4 is 5.97 Å². The van der Waals surface area contributed by atoms with Crippen LogP contribution in [-0.2, 0) is 9.53 Å². The lowest BCUT2D eigenvalue weighted by Crippen LogP contribution is -2.76. The van der Waals surface area contributed by atoms with E-state index >= 15 is 0 Å². The number of carbonyl (C=O) groups excluding carboxylic acids is 1. The summed E-state index contributed by atoms with van der Waals surface area (Å²) < 4.78 is 268. The van der Waals surface area contributed by atoms with E-state index in [0.717, 1.165) is 0 Å². The van der Waals surface area contributed by atoms with Gasteiger partial charge in [0.05, 0.1) is 13.0 Å². The Balaban J connectivity index is 6.75. The second-order valence-electron chi connectivity index (χ2n) is 6.77. The minimum absolute atomic E-state index is 0.134. The van der Waals surface area contributed by atoms with Crippen molar-refractivity contribution in [2.45, 2.75) is 66.1 Å². The van der Waals surface area contributed by atoms with E-state index in [1.807, 2.05) is 0 Å². The highest BCUT2D eigenvalue weighted by molar-refractivity contribution is 5.81. The van der Waals surface area contributed by atoms with Gasteiger partial charge in [-0.1, -0.05) is 6.58 Å². The molecule has 0 atom stereocenters. The molecule has 0 radical (unpaired) electrons. The smallest absolute Gasteiger partial charge is 0.385 e. The zero-order valence-corrected chi connectivity index (χ0v) is 16.7. The van der Waals surface area contributed by atoms with Crippen LogP contribution in [0, 0.1) is 0 Å². The highest BCUT2D eigenvalue weighted by Gasteiger charge is 2.96. The van der Waals surface area contributed by atoms with E-state index in [1.54, 1.807) is 0 Å². The van der Waals surface area contributed by atoms with E-state index in [-0.39, 0.29) is 6.08 Å². The summed E-state index contributed by atoms with van der Waals surface area (Å²) in [6.07, 6.45) is -8.95. The molecule has 0 amide bonds. The fourth-order valence-electron chi connectivity index (χ4n) is 2.06. The Hall–Kier alpha value is -2.19. The van der Waals surface area contributed by atoms with E-state index in [9.17, 15) is 92.6 Å². The van der Waals surface area contributed by atoms with Gasteiger partial charge in [-0.3, -0.25) is 0 Å². The average molecular weight is 600 g/mol. The molecule has 0 aromatic rings. The van der Waals surface area contributed by atoms with Gasteiger partial charge in [-0.15, -0.1) is 0 Å². The molecule has 0 heterocycles. The van der Waals surface area contributed by atoms with Crippen LogP contribution in [0.4, 0.5) is 87.8 Å². The summed E-state index contributed by atoms with van der Waals surface area (Å²) >= 11 is 0. The first-order chi connectivity index (χ1) is 15.9. The van der Waals surface area contributed by atoms with Crippen LogP contribution >= 0.6 is 0 Å². The molecule has 0 saturated carbocycles. The molecular formula is C15H8F20O2.